The van der Waals surface area contributed by atoms with E-state index in [1.807, 2.05) is 6.92 Å². The minimum absolute atomic E-state index is 0.0885. The lowest BCUT2D eigenvalue weighted by Crippen LogP contribution is -2.35. The summed E-state index contributed by atoms with van der Waals surface area (Å²) in [4.78, 5) is 11.5. The van der Waals surface area contributed by atoms with Gasteiger partial charge in [-0.15, -0.1) is 0 Å². The fourth-order valence-electron chi connectivity index (χ4n) is 1.69. The molecule has 1 saturated carbocycles. The molecule has 1 aliphatic carbocycles. The molecule has 1 N–H and O–H groups in total. The maximum atomic E-state index is 13.4. The van der Waals surface area contributed by atoms with E-state index >= 15 is 0 Å². The van der Waals surface area contributed by atoms with Gasteiger partial charge in [0.1, 0.15) is 6.10 Å². The highest BCUT2D eigenvalue weighted by Crippen LogP contribution is 2.28. The van der Waals surface area contributed by atoms with Crippen LogP contribution in [0.5, 0.6) is 5.75 Å². The molecule has 4 heteroatoms. The third kappa shape index (κ3) is 3.45. The number of amides is 1. The second kappa shape index (κ2) is 5.85. The molecule has 1 amide bonds. The first-order chi connectivity index (χ1) is 8.70. The van der Waals surface area contributed by atoms with Crippen molar-refractivity contribution in [3.05, 3.63) is 30.1 Å². The lowest BCUT2D eigenvalue weighted by Gasteiger charge is -2.18. The van der Waals surface area contributed by atoms with Crippen LogP contribution in [-0.4, -0.2) is 18.6 Å². The summed E-state index contributed by atoms with van der Waals surface area (Å²) in [7, 11) is 0. The van der Waals surface area contributed by atoms with Gasteiger partial charge in [0.05, 0.1) is 6.54 Å². The van der Waals surface area contributed by atoms with Crippen molar-refractivity contribution in [3.8, 4) is 5.75 Å². The Morgan fingerprint density at radius 3 is 2.83 bits per heavy atom. The van der Waals surface area contributed by atoms with Crippen LogP contribution in [0.25, 0.3) is 0 Å². The van der Waals surface area contributed by atoms with Crippen LogP contribution in [-0.2, 0) is 4.79 Å². The zero-order valence-corrected chi connectivity index (χ0v) is 10.5. The fourth-order valence-corrected chi connectivity index (χ4v) is 1.69. The van der Waals surface area contributed by atoms with Crippen LogP contribution in [0.15, 0.2) is 24.3 Å². The molecule has 2 rings (SSSR count). The van der Waals surface area contributed by atoms with Crippen LogP contribution in [0.1, 0.15) is 26.2 Å². The van der Waals surface area contributed by atoms with E-state index in [2.05, 4.69) is 5.32 Å². The average molecular weight is 251 g/mol. The molecule has 0 spiro atoms. The van der Waals surface area contributed by atoms with Crippen LogP contribution in [0.3, 0.4) is 0 Å². The van der Waals surface area contributed by atoms with Gasteiger partial charge in [-0.05, 0) is 31.4 Å². The van der Waals surface area contributed by atoms with Crippen LogP contribution in [0.4, 0.5) is 4.39 Å². The molecule has 0 radical (unpaired) electrons. The zero-order valence-electron chi connectivity index (χ0n) is 10.5. The summed E-state index contributed by atoms with van der Waals surface area (Å²) >= 11 is 0. The summed E-state index contributed by atoms with van der Waals surface area (Å²) in [5.74, 6) is 0.149. The molecule has 1 aromatic rings. The number of benzene rings is 1. The molecule has 1 atom stereocenters. The summed E-state index contributed by atoms with van der Waals surface area (Å²) in [5, 5.41) is 2.85. The van der Waals surface area contributed by atoms with Crippen molar-refractivity contribution >= 4 is 5.91 Å². The van der Waals surface area contributed by atoms with Crippen molar-refractivity contribution in [3.63, 3.8) is 0 Å². The molecule has 0 aromatic heterocycles. The van der Waals surface area contributed by atoms with Crippen LogP contribution < -0.4 is 10.1 Å². The number of carbonyl (C=O) groups is 1. The van der Waals surface area contributed by atoms with E-state index in [1.54, 1.807) is 18.2 Å². The van der Waals surface area contributed by atoms with Gasteiger partial charge < -0.3 is 10.1 Å². The van der Waals surface area contributed by atoms with Gasteiger partial charge >= 0.3 is 0 Å². The highest BCUT2D eigenvalue weighted by molar-refractivity contribution is 5.80. The maximum Gasteiger partial charge on any atom is 0.223 e. The second-order valence-corrected chi connectivity index (χ2v) is 4.60. The van der Waals surface area contributed by atoms with E-state index in [0.717, 1.165) is 19.3 Å². The maximum absolute atomic E-state index is 13.4. The topological polar surface area (TPSA) is 38.3 Å². The van der Waals surface area contributed by atoms with E-state index in [4.69, 9.17) is 4.74 Å². The van der Waals surface area contributed by atoms with Crippen LogP contribution in [0.2, 0.25) is 0 Å². The number of carbonyl (C=O) groups excluding carboxylic acids is 1. The Labute approximate surface area is 106 Å². The average Bonchev–Trinajstić information content (AvgIpc) is 3.20. The number of nitrogens with one attached hydrogen (secondary N) is 1. The minimum Gasteiger partial charge on any atom is -0.486 e. The van der Waals surface area contributed by atoms with E-state index < -0.39 is 0 Å². The molecule has 1 aliphatic rings. The third-order valence-corrected chi connectivity index (χ3v) is 3.04. The number of para-hydroxylation sites is 1. The fraction of sp³-hybridized carbons (Fsp3) is 0.500. The van der Waals surface area contributed by atoms with Gasteiger partial charge in [-0.2, -0.15) is 0 Å². The van der Waals surface area contributed by atoms with Crippen LogP contribution in [0, 0.1) is 11.7 Å². The predicted octanol–water partition coefficient (Wildman–Crippen LogP) is 2.51. The first-order valence-corrected chi connectivity index (χ1v) is 6.39. The van der Waals surface area contributed by atoms with Gasteiger partial charge in [0.2, 0.25) is 5.91 Å². The van der Waals surface area contributed by atoms with E-state index in [0.29, 0.717) is 6.54 Å². The number of hydrogen-bond donors (Lipinski definition) is 1. The third-order valence-electron chi connectivity index (χ3n) is 3.04. The Kier molecular flexibility index (Phi) is 4.18. The second-order valence-electron chi connectivity index (χ2n) is 4.60. The van der Waals surface area contributed by atoms with Crippen molar-refractivity contribution in [2.45, 2.75) is 32.3 Å². The van der Waals surface area contributed by atoms with E-state index in [1.165, 1.54) is 6.07 Å². The number of halogens is 1. The highest BCUT2D eigenvalue weighted by Gasteiger charge is 2.29. The Morgan fingerprint density at radius 1 is 1.50 bits per heavy atom. The van der Waals surface area contributed by atoms with Gasteiger partial charge in [-0.3, -0.25) is 4.79 Å². The molecule has 1 fully saturated rings. The number of hydrogen-bond acceptors (Lipinski definition) is 2. The Bertz CT molecular complexity index is 418. The van der Waals surface area contributed by atoms with Crippen molar-refractivity contribution in [2.75, 3.05) is 6.54 Å². The molecular weight excluding hydrogens is 233 g/mol. The molecule has 0 heterocycles. The predicted molar refractivity (Wildman–Crippen MR) is 66.8 cm³/mol. The molecule has 0 bridgehead atoms. The van der Waals surface area contributed by atoms with Crippen molar-refractivity contribution in [1.29, 1.82) is 0 Å². The highest BCUT2D eigenvalue weighted by atomic mass is 19.1. The molecular formula is C14H18FNO2. The first-order valence-electron chi connectivity index (χ1n) is 6.39. The summed E-state index contributed by atoms with van der Waals surface area (Å²) in [6, 6.07) is 6.32. The standard InChI is InChI=1S/C14H18FNO2/c1-2-11(9-16-14(17)10-7-8-10)18-13-6-4-3-5-12(13)15/h3-6,10-11H,2,7-9H2,1H3,(H,16,17)/t11-/m0/s1. The Hall–Kier alpha value is -1.58. The summed E-state index contributed by atoms with van der Waals surface area (Å²) in [6.45, 7) is 2.38. The normalized spacial score (nSPS) is 16.1. The van der Waals surface area contributed by atoms with Gasteiger partial charge in [-0.25, -0.2) is 4.39 Å². The number of ether oxygens (including phenoxy) is 1. The smallest absolute Gasteiger partial charge is 0.223 e. The SMILES string of the molecule is CC[C@@H](CNC(=O)C1CC1)Oc1ccccc1F. The van der Waals surface area contributed by atoms with E-state index in [9.17, 15) is 9.18 Å². The van der Waals surface area contributed by atoms with Crippen LogP contribution >= 0.6 is 0 Å². The quantitative estimate of drug-likeness (QED) is 0.843. The lowest BCUT2D eigenvalue weighted by atomic mass is 10.2. The molecule has 0 unspecified atom stereocenters. The van der Waals surface area contributed by atoms with Gasteiger partial charge in [0.15, 0.2) is 11.6 Å². The molecule has 18 heavy (non-hydrogen) atoms. The molecule has 0 saturated heterocycles. The number of rotatable bonds is 6. The molecule has 98 valence electrons. The Balaban J connectivity index is 1.84. The van der Waals surface area contributed by atoms with Gasteiger partial charge in [0.25, 0.3) is 0 Å². The minimum atomic E-state index is -0.371. The lowest BCUT2D eigenvalue weighted by molar-refractivity contribution is -0.122. The largest absolute Gasteiger partial charge is 0.486 e. The Morgan fingerprint density at radius 2 is 2.22 bits per heavy atom. The van der Waals surface area contributed by atoms with Crippen molar-refractivity contribution in [1.82, 2.24) is 5.32 Å². The van der Waals surface area contributed by atoms with Crippen molar-refractivity contribution < 1.29 is 13.9 Å². The monoisotopic (exact) mass is 251 g/mol. The summed E-state index contributed by atoms with van der Waals surface area (Å²) in [5.41, 5.74) is 0. The molecule has 3 nitrogen and oxygen atoms in total. The van der Waals surface area contributed by atoms with Crippen molar-refractivity contribution in [2.24, 2.45) is 5.92 Å². The first kappa shape index (κ1) is 12.9. The van der Waals surface area contributed by atoms with E-state index in [-0.39, 0.29) is 29.5 Å². The zero-order chi connectivity index (χ0) is 13.0. The molecule has 1 aromatic carbocycles. The summed E-state index contributed by atoms with van der Waals surface area (Å²) in [6.07, 6.45) is 2.50. The van der Waals surface area contributed by atoms with Gasteiger partial charge in [-0.1, -0.05) is 19.1 Å². The summed E-state index contributed by atoms with van der Waals surface area (Å²) < 4.78 is 19.0. The molecule has 0 aliphatic heterocycles. The van der Waals surface area contributed by atoms with Gasteiger partial charge in [0, 0.05) is 5.92 Å².